The number of aliphatic carboxylic acids is 1. The Morgan fingerprint density at radius 2 is 2.14 bits per heavy atom. The molecule has 1 heterocycles. The van der Waals surface area contributed by atoms with E-state index in [9.17, 15) is 9.59 Å². The van der Waals surface area contributed by atoms with Crippen LogP contribution in [0.25, 0.3) is 0 Å². The topological polar surface area (TPSA) is 78.4 Å². The zero-order valence-corrected chi connectivity index (χ0v) is 12.8. The van der Waals surface area contributed by atoms with E-state index in [0.717, 1.165) is 5.56 Å². The number of carbonyl (C=O) groups excluding carboxylic acids is 1. The Kier molecular flexibility index (Phi) is 5.64. The first kappa shape index (κ1) is 15.9. The van der Waals surface area contributed by atoms with Crippen molar-refractivity contribution in [3.8, 4) is 0 Å². The summed E-state index contributed by atoms with van der Waals surface area (Å²) in [5.74, 6) is -0.510. The van der Waals surface area contributed by atoms with E-state index in [4.69, 9.17) is 5.11 Å². The highest BCUT2D eigenvalue weighted by molar-refractivity contribution is 7.98. The van der Waals surface area contributed by atoms with E-state index >= 15 is 0 Å². The molecule has 0 bridgehead atoms. The fourth-order valence-electron chi connectivity index (χ4n) is 2.41. The molecule has 1 amide bonds. The van der Waals surface area contributed by atoms with Crippen LogP contribution in [-0.4, -0.2) is 41.1 Å². The van der Waals surface area contributed by atoms with Crippen LogP contribution in [-0.2, 0) is 22.6 Å². The van der Waals surface area contributed by atoms with Crippen molar-refractivity contribution in [1.82, 2.24) is 10.6 Å². The van der Waals surface area contributed by atoms with Gasteiger partial charge in [0.15, 0.2) is 0 Å². The average Bonchev–Trinajstić information content (AvgIpc) is 2.50. The second kappa shape index (κ2) is 7.47. The van der Waals surface area contributed by atoms with Crippen LogP contribution in [0.5, 0.6) is 0 Å². The number of carbonyl (C=O) groups is 2. The standard InChI is InChI=1S/C15H20N2O3S/c1-21-7-6-12(15(19)20)17-14(18)13-8-10-4-2-3-5-11(10)9-16-13/h2-5,12-13,16H,6-9H2,1H3,(H,17,18)(H,19,20)/t12-,13?/m0/s1. The van der Waals surface area contributed by atoms with E-state index < -0.39 is 12.0 Å². The Labute approximate surface area is 128 Å². The minimum absolute atomic E-state index is 0.238. The van der Waals surface area contributed by atoms with Crippen molar-refractivity contribution in [3.63, 3.8) is 0 Å². The van der Waals surface area contributed by atoms with Gasteiger partial charge in [-0.05, 0) is 36.0 Å². The van der Waals surface area contributed by atoms with Gasteiger partial charge in [-0.25, -0.2) is 4.79 Å². The van der Waals surface area contributed by atoms with Crippen LogP contribution in [0.2, 0.25) is 0 Å². The summed E-state index contributed by atoms with van der Waals surface area (Å²) in [5, 5.41) is 15.0. The number of thioether (sulfide) groups is 1. The van der Waals surface area contributed by atoms with Gasteiger partial charge in [0.2, 0.25) is 5.91 Å². The Balaban J connectivity index is 1.96. The molecule has 6 heteroatoms. The van der Waals surface area contributed by atoms with E-state index in [1.165, 1.54) is 5.56 Å². The lowest BCUT2D eigenvalue weighted by Crippen LogP contribution is -2.52. The fourth-order valence-corrected chi connectivity index (χ4v) is 2.88. The predicted octanol–water partition coefficient (Wildman–Crippen LogP) is 1.02. The Hall–Kier alpha value is -1.53. The molecule has 0 fully saturated rings. The van der Waals surface area contributed by atoms with Crippen molar-refractivity contribution in [3.05, 3.63) is 35.4 Å². The number of amides is 1. The average molecular weight is 308 g/mol. The second-order valence-corrected chi connectivity index (χ2v) is 6.07. The number of hydrogen-bond acceptors (Lipinski definition) is 4. The highest BCUT2D eigenvalue weighted by Gasteiger charge is 2.27. The molecule has 1 aliphatic heterocycles. The third-order valence-electron chi connectivity index (χ3n) is 3.62. The molecular weight excluding hydrogens is 288 g/mol. The van der Waals surface area contributed by atoms with Gasteiger partial charge in [-0.15, -0.1) is 0 Å². The summed E-state index contributed by atoms with van der Waals surface area (Å²) < 4.78 is 0. The molecular formula is C15H20N2O3S. The van der Waals surface area contributed by atoms with Crippen molar-refractivity contribution >= 4 is 23.6 Å². The van der Waals surface area contributed by atoms with Gasteiger partial charge in [-0.1, -0.05) is 24.3 Å². The van der Waals surface area contributed by atoms with Gasteiger partial charge in [-0.3, -0.25) is 4.79 Å². The summed E-state index contributed by atoms with van der Waals surface area (Å²) in [5.41, 5.74) is 2.34. The van der Waals surface area contributed by atoms with E-state index in [1.807, 2.05) is 30.5 Å². The minimum Gasteiger partial charge on any atom is -0.480 e. The molecule has 114 valence electrons. The summed E-state index contributed by atoms with van der Waals surface area (Å²) in [6.45, 7) is 0.636. The highest BCUT2D eigenvalue weighted by atomic mass is 32.2. The quantitative estimate of drug-likeness (QED) is 0.731. The Morgan fingerprint density at radius 1 is 1.43 bits per heavy atom. The van der Waals surface area contributed by atoms with Gasteiger partial charge in [0, 0.05) is 6.54 Å². The molecule has 1 aromatic rings. The number of benzene rings is 1. The van der Waals surface area contributed by atoms with Crippen molar-refractivity contribution < 1.29 is 14.7 Å². The monoisotopic (exact) mass is 308 g/mol. The zero-order chi connectivity index (χ0) is 15.2. The number of rotatable bonds is 6. The second-order valence-electron chi connectivity index (χ2n) is 5.09. The van der Waals surface area contributed by atoms with Gasteiger partial charge < -0.3 is 15.7 Å². The molecule has 0 spiro atoms. The van der Waals surface area contributed by atoms with Crippen molar-refractivity contribution in [2.75, 3.05) is 12.0 Å². The molecule has 0 saturated carbocycles. The molecule has 21 heavy (non-hydrogen) atoms. The number of carboxylic acids is 1. The third kappa shape index (κ3) is 4.22. The number of carboxylic acid groups (broad SMARTS) is 1. The number of nitrogens with one attached hydrogen (secondary N) is 2. The molecule has 3 N–H and O–H groups in total. The maximum Gasteiger partial charge on any atom is 0.326 e. The van der Waals surface area contributed by atoms with Gasteiger partial charge in [0.1, 0.15) is 6.04 Å². The van der Waals surface area contributed by atoms with Crippen LogP contribution in [0.3, 0.4) is 0 Å². The van der Waals surface area contributed by atoms with E-state index in [0.29, 0.717) is 25.1 Å². The zero-order valence-electron chi connectivity index (χ0n) is 12.0. The van der Waals surface area contributed by atoms with Crippen LogP contribution in [0.15, 0.2) is 24.3 Å². The van der Waals surface area contributed by atoms with Crippen LogP contribution in [0.1, 0.15) is 17.5 Å². The van der Waals surface area contributed by atoms with Crippen LogP contribution in [0, 0.1) is 0 Å². The molecule has 0 saturated heterocycles. The van der Waals surface area contributed by atoms with Crippen LogP contribution < -0.4 is 10.6 Å². The van der Waals surface area contributed by atoms with Crippen molar-refractivity contribution in [2.45, 2.75) is 31.5 Å². The molecule has 5 nitrogen and oxygen atoms in total. The van der Waals surface area contributed by atoms with Gasteiger partial charge in [0.05, 0.1) is 6.04 Å². The molecule has 1 aliphatic rings. The largest absolute Gasteiger partial charge is 0.480 e. The Morgan fingerprint density at radius 3 is 2.81 bits per heavy atom. The lowest BCUT2D eigenvalue weighted by atomic mass is 9.95. The first-order chi connectivity index (χ1) is 10.1. The predicted molar refractivity (Wildman–Crippen MR) is 83.3 cm³/mol. The minimum atomic E-state index is -0.978. The van der Waals surface area contributed by atoms with Gasteiger partial charge in [-0.2, -0.15) is 11.8 Å². The maximum atomic E-state index is 12.2. The van der Waals surface area contributed by atoms with Crippen molar-refractivity contribution in [2.24, 2.45) is 0 Å². The number of fused-ring (bicyclic) bond motifs is 1. The normalized spacial score (nSPS) is 18.6. The van der Waals surface area contributed by atoms with Crippen LogP contribution in [0.4, 0.5) is 0 Å². The molecule has 2 atom stereocenters. The highest BCUT2D eigenvalue weighted by Crippen LogP contribution is 2.16. The summed E-state index contributed by atoms with van der Waals surface area (Å²) in [6.07, 6.45) is 2.95. The van der Waals surface area contributed by atoms with Crippen molar-refractivity contribution in [1.29, 1.82) is 0 Å². The number of hydrogen-bond donors (Lipinski definition) is 3. The first-order valence-electron chi connectivity index (χ1n) is 6.94. The lowest BCUT2D eigenvalue weighted by Gasteiger charge is -2.26. The molecule has 0 radical (unpaired) electrons. The molecule has 1 unspecified atom stereocenters. The molecule has 1 aromatic carbocycles. The maximum absolute atomic E-state index is 12.2. The molecule has 2 rings (SSSR count). The first-order valence-corrected chi connectivity index (χ1v) is 8.33. The molecule has 0 aliphatic carbocycles. The van der Waals surface area contributed by atoms with E-state index in [-0.39, 0.29) is 11.9 Å². The Bertz CT molecular complexity index is 521. The molecule has 0 aromatic heterocycles. The van der Waals surface area contributed by atoms with E-state index in [1.54, 1.807) is 11.8 Å². The van der Waals surface area contributed by atoms with Gasteiger partial charge in [0.25, 0.3) is 0 Å². The third-order valence-corrected chi connectivity index (χ3v) is 4.27. The summed E-state index contributed by atoms with van der Waals surface area (Å²) in [4.78, 5) is 23.4. The SMILES string of the molecule is CSCC[C@H](NC(=O)C1Cc2ccccc2CN1)C(=O)O. The van der Waals surface area contributed by atoms with Gasteiger partial charge >= 0.3 is 5.97 Å². The van der Waals surface area contributed by atoms with E-state index in [2.05, 4.69) is 10.6 Å². The lowest BCUT2D eigenvalue weighted by molar-refractivity contribution is -0.142. The summed E-state index contributed by atoms with van der Waals surface area (Å²) in [7, 11) is 0. The van der Waals surface area contributed by atoms with Crippen LogP contribution >= 0.6 is 11.8 Å². The smallest absolute Gasteiger partial charge is 0.326 e. The fraction of sp³-hybridized carbons (Fsp3) is 0.467. The summed E-state index contributed by atoms with van der Waals surface area (Å²) >= 11 is 1.57. The summed E-state index contributed by atoms with van der Waals surface area (Å²) in [6, 6.07) is 6.80.